The Morgan fingerprint density at radius 2 is 1.96 bits per heavy atom. The number of alkyl halides is 3. The zero-order valence-electron chi connectivity index (χ0n) is 12.9. The van der Waals surface area contributed by atoms with Crippen LogP contribution in [0.15, 0.2) is 47.5 Å². The molecule has 6 nitrogen and oxygen atoms in total. The van der Waals surface area contributed by atoms with Crippen LogP contribution in [0.25, 0.3) is 5.57 Å². The second kappa shape index (κ2) is 6.58. The van der Waals surface area contributed by atoms with Crippen molar-refractivity contribution in [2.75, 3.05) is 0 Å². The Balaban J connectivity index is 2.08. The lowest BCUT2D eigenvalue weighted by molar-refractivity contribution is -0.362. The highest BCUT2D eigenvalue weighted by Crippen LogP contribution is 2.45. The fourth-order valence-electron chi connectivity index (χ4n) is 2.73. The quantitative estimate of drug-likeness (QED) is 0.834. The van der Waals surface area contributed by atoms with Crippen molar-refractivity contribution in [1.82, 2.24) is 15.4 Å². The summed E-state index contributed by atoms with van der Waals surface area (Å²) in [6.07, 6.45) is -3.06. The number of nitrogens with zero attached hydrogens (tertiary/aromatic N) is 2. The molecule has 0 aliphatic heterocycles. The average molecular weight is 386 g/mol. The number of allylic oxidation sites excluding steroid dienone is 2. The highest BCUT2D eigenvalue weighted by atomic mass is 35.5. The molecule has 1 aliphatic carbocycles. The lowest BCUT2D eigenvalue weighted by Crippen LogP contribution is -2.37. The Hall–Kier alpha value is -2.65. The second-order valence-corrected chi connectivity index (χ2v) is 5.91. The van der Waals surface area contributed by atoms with E-state index in [4.69, 9.17) is 16.7 Å². The molecular formula is C16H11ClF3N3O3. The summed E-state index contributed by atoms with van der Waals surface area (Å²) in [5.41, 5.74) is -2.22. The van der Waals surface area contributed by atoms with Gasteiger partial charge in [-0.3, -0.25) is 4.74 Å². The van der Waals surface area contributed by atoms with Crippen molar-refractivity contribution in [3.63, 3.8) is 0 Å². The number of aromatic amines is 1. The summed E-state index contributed by atoms with van der Waals surface area (Å²) in [6, 6.07) is 8.80. The first kappa shape index (κ1) is 18.2. The molecule has 2 aromatic rings. The van der Waals surface area contributed by atoms with Gasteiger partial charge < -0.3 is 5.11 Å². The molecule has 1 unspecified atom stereocenters. The van der Waals surface area contributed by atoms with Gasteiger partial charge in [-0.05, 0) is 17.2 Å². The average Bonchev–Trinajstić information content (AvgIpc) is 3.05. The monoisotopic (exact) mass is 385 g/mol. The number of aromatic carboxylic acids is 1. The van der Waals surface area contributed by atoms with E-state index in [1.54, 1.807) is 30.3 Å². The first-order chi connectivity index (χ1) is 12.2. The summed E-state index contributed by atoms with van der Waals surface area (Å²) in [5, 5.41) is 18.2. The summed E-state index contributed by atoms with van der Waals surface area (Å²) in [6.45, 7) is 0. The minimum absolute atomic E-state index is 0.0716. The smallest absolute Gasteiger partial charge is 0.476 e. The van der Waals surface area contributed by atoms with Gasteiger partial charge in [0.1, 0.15) is 11.3 Å². The van der Waals surface area contributed by atoms with Gasteiger partial charge in [0.2, 0.25) is 0 Å². The van der Waals surface area contributed by atoms with Crippen LogP contribution in [0, 0.1) is 0 Å². The maximum atomic E-state index is 13.0. The number of ether oxygens (including phenoxy) is 1. The standard InChI is InChI=1S/C16H11ClF3N3O3/c17-11-8-15(26-16(18,19)20,13-12(14(24)25)21-23-22-13)7-6-10(11)9-4-2-1-3-5-9/h1-7H,8H2,(H,24,25)(H,21,22,23). The zero-order valence-corrected chi connectivity index (χ0v) is 13.7. The van der Waals surface area contributed by atoms with Gasteiger partial charge in [-0.1, -0.05) is 48.0 Å². The molecule has 1 atom stereocenters. The number of nitrogens with one attached hydrogen (secondary N) is 1. The van der Waals surface area contributed by atoms with Gasteiger partial charge in [-0.15, -0.1) is 18.3 Å². The first-order valence-electron chi connectivity index (χ1n) is 7.26. The van der Waals surface area contributed by atoms with Crippen molar-refractivity contribution >= 4 is 23.1 Å². The number of rotatable bonds is 4. The number of carbonyl (C=O) groups is 1. The molecule has 0 spiro atoms. The third-order valence-electron chi connectivity index (χ3n) is 3.76. The molecule has 0 radical (unpaired) electrons. The summed E-state index contributed by atoms with van der Waals surface area (Å²) in [4.78, 5) is 11.3. The van der Waals surface area contributed by atoms with E-state index in [2.05, 4.69) is 14.9 Å². The molecule has 0 saturated heterocycles. The summed E-state index contributed by atoms with van der Waals surface area (Å²) < 4.78 is 43.4. The van der Waals surface area contributed by atoms with Crippen molar-refractivity contribution < 1.29 is 27.8 Å². The van der Waals surface area contributed by atoms with E-state index in [0.29, 0.717) is 11.1 Å². The normalized spacial score (nSPS) is 20.5. The van der Waals surface area contributed by atoms with E-state index >= 15 is 0 Å². The van der Waals surface area contributed by atoms with Crippen LogP contribution in [0.4, 0.5) is 13.2 Å². The number of carboxylic acids is 1. The number of benzene rings is 1. The van der Waals surface area contributed by atoms with Gasteiger partial charge in [0.25, 0.3) is 0 Å². The molecule has 1 heterocycles. The Morgan fingerprint density at radius 3 is 2.54 bits per heavy atom. The van der Waals surface area contributed by atoms with Crippen molar-refractivity contribution in [3.8, 4) is 0 Å². The molecule has 0 saturated carbocycles. The van der Waals surface area contributed by atoms with Crippen LogP contribution in [-0.2, 0) is 10.3 Å². The van der Waals surface area contributed by atoms with E-state index in [0.717, 1.165) is 6.08 Å². The topological polar surface area (TPSA) is 88.1 Å². The SMILES string of the molecule is O=C(O)c1n[nH]nc1C1(OC(F)(F)F)C=CC(c2ccccc2)=C(Cl)C1. The Bertz CT molecular complexity index is 893. The molecule has 2 N–H and O–H groups in total. The minimum atomic E-state index is -5.06. The third-order valence-corrected chi connectivity index (χ3v) is 4.10. The number of hydrogen-bond donors (Lipinski definition) is 2. The molecular weight excluding hydrogens is 375 g/mol. The Kier molecular flexibility index (Phi) is 4.59. The summed E-state index contributed by atoms with van der Waals surface area (Å²) >= 11 is 6.25. The second-order valence-electron chi connectivity index (χ2n) is 5.46. The summed E-state index contributed by atoms with van der Waals surface area (Å²) in [7, 11) is 0. The fraction of sp³-hybridized carbons (Fsp3) is 0.188. The van der Waals surface area contributed by atoms with Crippen molar-refractivity contribution in [2.24, 2.45) is 0 Å². The Labute approximate surface area is 149 Å². The van der Waals surface area contributed by atoms with Crippen LogP contribution >= 0.6 is 11.6 Å². The minimum Gasteiger partial charge on any atom is -0.476 e. The molecule has 1 aromatic carbocycles. The van der Waals surface area contributed by atoms with E-state index in [9.17, 15) is 18.0 Å². The number of H-pyrrole nitrogens is 1. The molecule has 1 aliphatic rings. The first-order valence-corrected chi connectivity index (χ1v) is 7.64. The van der Waals surface area contributed by atoms with Crippen molar-refractivity contribution in [2.45, 2.75) is 18.4 Å². The maximum Gasteiger partial charge on any atom is 0.523 e. The van der Waals surface area contributed by atoms with Gasteiger partial charge in [-0.2, -0.15) is 10.3 Å². The lowest BCUT2D eigenvalue weighted by atomic mass is 9.85. The van der Waals surface area contributed by atoms with Gasteiger partial charge in [0.05, 0.1) is 0 Å². The fourth-order valence-corrected chi connectivity index (χ4v) is 3.10. The molecule has 0 amide bonds. The van der Waals surface area contributed by atoms with E-state index < -0.39 is 35.7 Å². The number of halogens is 4. The highest BCUT2D eigenvalue weighted by molar-refractivity contribution is 6.33. The number of carboxylic acid groups (broad SMARTS) is 1. The van der Waals surface area contributed by atoms with Gasteiger partial charge >= 0.3 is 12.3 Å². The van der Waals surface area contributed by atoms with Crippen LogP contribution in [0.2, 0.25) is 0 Å². The van der Waals surface area contributed by atoms with Crippen molar-refractivity contribution in [3.05, 3.63) is 64.5 Å². The predicted octanol–water partition coefficient (Wildman–Crippen LogP) is 3.84. The molecule has 1 aromatic heterocycles. The van der Waals surface area contributed by atoms with Crippen LogP contribution in [0.3, 0.4) is 0 Å². The van der Waals surface area contributed by atoms with Crippen molar-refractivity contribution in [1.29, 1.82) is 0 Å². The van der Waals surface area contributed by atoms with Gasteiger partial charge in [0, 0.05) is 11.5 Å². The van der Waals surface area contributed by atoms with Gasteiger partial charge in [-0.25, -0.2) is 4.79 Å². The molecule has 10 heteroatoms. The van der Waals surface area contributed by atoms with E-state index in [-0.39, 0.29) is 5.03 Å². The van der Waals surface area contributed by atoms with E-state index in [1.807, 2.05) is 5.21 Å². The Morgan fingerprint density at radius 1 is 1.27 bits per heavy atom. The van der Waals surface area contributed by atoms with Crippen LogP contribution in [0.1, 0.15) is 28.2 Å². The van der Waals surface area contributed by atoms with E-state index in [1.165, 1.54) is 6.08 Å². The molecule has 3 rings (SSSR count). The zero-order chi connectivity index (χ0) is 18.9. The molecule has 0 bridgehead atoms. The highest BCUT2D eigenvalue weighted by Gasteiger charge is 2.49. The van der Waals surface area contributed by atoms with Gasteiger partial charge in [0.15, 0.2) is 5.69 Å². The van der Waals surface area contributed by atoms with Crippen LogP contribution < -0.4 is 0 Å². The largest absolute Gasteiger partial charge is 0.523 e. The lowest BCUT2D eigenvalue weighted by Gasteiger charge is -2.33. The predicted molar refractivity (Wildman–Crippen MR) is 85.1 cm³/mol. The third kappa shape index (κ3) is 3.49. The van der Waals surface area contributed by atoms with Crippen LogP contribution in [-0.4, -0.2) is 32.8 Å². The maximum absolute atomic E-state index is 13.0. The van der Waals surface area contributed by atoms with Crippen LogP contribution in [0.5, 0.6) is 0 Å². The summed E-state index contributed by atoms with van der Waals surface area (Å²) in [5.74, 6) is -1.54. The molecule has 0 fully saturated rings. The molecule has 26 heavy (non-hydrogen) atoms. The number of aromatic nitrogens is 3. The number of hydrogen-bond acceptors (Lipinski definition) is 4. The molecule has 136 valence electrons.